The minimum Gasteiger partial charge on any atom is -0.497 e. The maximum atomic E-state index is 10.5. The van der Waals surface area contributed by atoms with E-state index in [0.717, 1.165) is 52.3 Å². The molecule has 0 unspecified atom stereocenters. The van der Waals surface area contributed by atoms with Gasteiger partial charge in [-0.15, -0.1) is 0 Å². The summed E-state index contributed by atoms with van der Waals surface area (Å²) in [5.41, 5.74) is 4.86. The molecule has 0 atom stereocenters. The Labute approximate surface area is 357 Å². The van der Waals surface area contributed by atoms with E-state index in [-0.39, 0.29) is 0 Å². The lowest BCUT2D eigenvalue weighted by atomic mass is 9.75. The average molecular weight is 797 g/mol. The van der Waals surface area contributed by atoms with Gasteiger partial charge >= 0.3 is 7.12 Å². The van der Waals surface area contributed by atoms with E-state index in [0.29, 0.717) is 29.8 Å². The first kappa shape index (κ1) is 47.1. The van der Waals surface area contributed by atoms with Gasteiger partial charge in [-0.3, -0.25) is 0 Å². The Morgan fingerprint density at radius 3 is 1.24 bits per heavy atom. The van der Waals surface area contributed by atoms with Crippen LogP contribution in [0.3, 0.4) is 0 Å². The number of rotatable bonds is 27. The zero-order valence-corrected chi connectivity index (χ0v) is 36.3. The molecular formula is C53H69BO5. The Bertz CT molecular complexity index is 1860. The van der Waals surface area contributed by atoms with Crippen LogP contribution in [-0.2, 0) is 0 Å². The molecule has 4 aromatic carbocycles. The highest BCUT2D eigenvalue weighted by Crippen LogP contribution is 2.27. The quantitative estimate of drug-likeness (QED) is 0.0357. The van der Waals surface area contributed by atoms with Crippen molar-refractivity contribution in [1.29, 1.82) is 0 Å². The van der Waals surface area contributed by atoms with Crippen LogP contribution < -0.4 is 19.7 Å². The van der Waals surface area contributed by atoms with Crippen LogP contribution in [0.5, 0.6) is 17.2 Å². The molecule has 59 heavy (non-hydrogen) atoms. The number of benzene rings is 4. The summed E-state index contributed by atoms with van der Waals surface area (Å²) in [6, 6.07) is 27.0. The zero-order chi connectivity index (χ0) is 41.8. The van der Waals surface area contributed by atoms with Gasteiger partial charge in [-0.25, -0.2) is 0 Å². The maximum absolute atomic E-state index is 10.5. The lowest BCUT2D eigenvalue weighted by Crippen LogP contribution is -2.32. The third kappa shape index (κ3) is 18.5. The Kier molecular flexibility index (Phi) is 22.9. The lowest BCUT2D eigenvalue weighted by molar-refractivity contribution is 0.304. The van der Waals surface area contributed by atoms with Crippen LogP contribution in [0.2, 0.25) is 0 Å². The van der Waals surface area contributed by atoms with E-state index in [4.69, 9.17) is 14.2 Å². The summed E-state index contributed by atoms with van der Waals surface area (Å²) in [5, 5.41) is 21.0. The number of hydrogen-bond acceptors (Lipinski definition) is 5. The smallest absolute Gasteiger partial charge is 0.489 e. The molecule has 0 heterocycles. The summed E-state index contributed by atoms with van der Waals surface area (Å²) in [4.78, 5) is 0. The highest BCUT2D eigenvalue weighted by molar-refractivity contribution is 6.59. The van der Waals surface area contributed by atoms with Crippen molar-refractivity contribution in [1.82, 2.24) is 0 Å². The Morgan fingerprint density at radius 1 is 0.441 bits per heavy atom. The van der Waals surface area contributed by atoms with Crippen molar-refractivity contribution in [2.75, 3.05) is 20.3 Å². The van der Waals surface area contributed by atoms with Crippen molar-refractivity contribution < 1.29 is 24.3 Å². The van der Waals surface area contributed by atoms with Crippen molar-refractivity contribution in [3.63, 3.8) is 0 Å². The molecule has 0 aliphatic heterocycles. The molecule has 2 N–H and O–H groups in total. The minimum absolute atomic E-state index is 0.297. The fraction of sp³-hybridized carbons (Fsp3) is 0.472. The summed E-state index contributed by atoms with van der Waals surface area (Å²) in [6.45, 7) is 5.95. The van der Waals surface area contributed by atoms with Crippen LogP contribution in [0.4, 0.5) is 0 Å². The highest BCUT2D eigenvalue weighted by Gasteiger charge is 2.19. The van der Waals surface area contributed by atoms with Crippen molar-refractivity contribution in [2.45, 2.75) is 142 Å². The third-order valence-corrected chi connectivity index (χ3v) is 10.8. The third-order valence-electron chi connectivity index (χ3n) is 10.8. The monoisotopic (exact) mass is 797 g/mol. The molecule has 0 aliphatic carbocycles. The fourth-order valence-electron chi connectivity index (χ4n) is 7.16. The SMILES string of the molecule is CCCCCCCCCCCCOc1ccc(C#Cc2cc(-c3ccc(OC)cc3)c(C#Cc3ccc(OCCCCCCCCCCCC)cc3)cc2B(O)O)cc1. The van der Waals surface area contributed by atoms with Crippen LogP contribution in [0.15, 0.2) is 84.9 Å². The molecule has 0 amide bonds. The standard InChI is InChI=1S/C53H69BO5/c1-4-6-8-10-12-14-16-18-20-22-40-58-50-34-26-44(27-35-50)24-30-47-43-53(54(55)56)48(42-52(47)46-32-38-49(57-3)39-33-46)31-25-45-28-36-51(37-29-45)59-41-23-21-19-17-15-13-11-9-7-5-2/h26-29,32-39,42-43,55-56H,4-23,40-41H2,1-3H3. The van der Waals surface area contributed by atoms with Gasteiger partial charge in [0.1, 0.15) is 17.2 Å². The van der Waals surface area contributed by atoms with Gasteiger partial charge in [-0.1, -0.05) is 165 Å². The van der Waals surface area contributed by atoms with Gasteiger partial charge in [-0.05, 0) is 102 Å². The van der Waals surface area contributed by atoms with Gasteiger partial charge in [0, 0.05) is 22.3 Å². The highest BCUT2D eigenvalue weighted by atomic mass is 16.5. The zero-order valence-electron chi connectivity index (χ0n) is 36.3. The van der Waals surface area contributed by atoms with Crippen molar-refractivity contribution >= 4 is 12.6 Å². The van der Waals surface area contributed by atoms with Gasteiger partial charge in [0.15, 0.2) is 0 Å². The van der Waals surface area contributed by atoms with Crippen LogP contribution in [0, 0.1) is 23.7 Å². The van der Waals surface area contributed by atoms with Crippen LogP contribution in [0.1, 0.15) is 165 Å². The number of hydrogen-bond donors (Lipinski definition) is 2. The fourth-order valence-corrected chi connectivity index (χ4v) is 7.16. The molecule has 5 nitrogen and oxygen atoms in total. The summed E-state index contributed by atoms with van der Waals surface area (Å²) in [5.74, 6) is 15.4. The second kappa shape index (κ2) is 28.7. The normalized spacial score (nSPS) is 10.7. The van der Waals surface area contributed by atoms with Gasteiger partial charge in [0.2, 0.25) is 0 Å². The van der Waals surface area contributed by atoms with E-state index >= 15 is 0 Å². The second-order valence-electron chi connectivity index (χ2n) is 15.7. The number of ether oxygens (including phenoxy) is 3. The van der Waals surface area contributed by atoms with Gasteiger partial charge in [0.05, 0.1) is 20.3 Å². The van der Waals surface area contributed by atoms with E-state index in [1.54, 1.807) is 13.2 Å². The molecular weight excluding hydrogens is 727 g/mol. The number of methoxy groups -OCH3 is 1. The molecule has 0 spiro atoms. The second-order valence-corrected chi connectivity index (χ2v) is 15.7. The van der Waals surface area contributed by atoms with Crippen LogP contribution >= 0.6 is 0 Å². The van der Waals surface area contributed by atoms with E-state index in [2.05, 4.69) is 37.5 Å². The summed E-state index contributed by atoms with van der Waals surface area (Å²) < 4.78 is 17.4. The molecule has 0 fully saturated rings. The Hall–Kier alpha value is -4.62. The average Bonchev–Trinajstić information content (AvgIpc) is 3.26. The summed E-state index contributed by atoms with van der Waals surface area (Å²) in [7, 11) is -0.0822. The van der Waals surface area contributed by atoms with Gasteiger partial charge in [-0.2, -0.15) is 0 Å². The molecule has 4 rings (SSSR count). The van der Waals surface area contributed by atoms with Crippen molar-refractivity contribution in [2.24, 2.45) is 0 Å². The molecule has 0 aliphatic rings. The predicted molar refractivity (Wildman–Crippen MR) is 248 cm³/mol. The molecule has 314 valence electrons. The summed E-state index contributed by atoms with van der Waals surface area (Å²) in [6.07, 6.45) is 26.0. The lowest BCUT2D eigenvalue weighted by Gasteiger charge is -2.12. The maximum Gasteiger partial charge on any atom is 0.489 e. The number of unbranched alkanes of at least 4 members (excludes halogenated alkanes) is 18. The van der Waals surface area contributed by atoms with Crippen LogP contribution in [-0.4, -0.2) is 37.5 Å². The molecule has 0 saturated heterocycles. The molecule has 4 aromatic rings. The summed E-state index contributed by atoms with van der Waals surface area (Å²) >= 11 is 0. The van der Waals surface area contributed by atoms with E-state index in [1.807, 2.05) is 78.9 Å². The van der Waals surface area contributed by atoms with E-state index < -0.39 is 7.12 Å². The van der Waals surface area contributed by atoms with Crippen molar-refractivity contribution in [3.8, 4) is 52.1 Å². The van der Waals surface area contributed by atoms with Crippen LogP contribution in [0.25, 0.3) is 11.1 Å². The Morgan fingerprint density at radius 2 is 0.831 bits per heavy atom. The molecule has 0 aromatic heterocycles. The van der Waals surface area contributed by atoms with E-state index in [1.165, 1.54) is 116 Å². The first-order valence-corrected chi connectivity index (χ1v) is 22.7. The topological polar surface area (TPSA) is 68.2 Å². The van der Waals surface area contributed by atoms with Crippen molar-refractivity contribution in [3.05, 3.63) is 107 Å². The minimum atomic E-state index is -1.72. The first-order chi connectivity index (χ1) is 29.0. The van der Waals surface area contributed by atoms with Gasteiger partial charge in [0.25, 0.3) is 0 Å². The molecule has 0 saturated carbocycles. The predicted octanol–water partition coefficient (Wildman–Crippen LogP) is 12.4. The Balaban J connectivity index is 1.36. The molecule has 6 heteroatoms. The van der Waals surface area contributed by atoms with E-state index in [9.17, 15) is 10.0 Å². The molecule has 0 bridgehead atoms. The molecule has 0 radical (unpaired) electrons. The largest absolute Gasteiger partial charge is 0.497 e. The first-order valence-electron chi connectivity index (χ1n) is 22.7. The van der Waals surface area contributed by atoms with Gasteiger partial charge < -0.3 is 24.3 Å².